The van der Waals surface area contributed by atoms with Gasteiger partial charge in [0, 0.05) is 12.2 Å². The lowest BCUT2D eigenvalue weighted by Crippen LogP contribution is -2.43. The molecule has 1 N–H and O–H groups in total. The van der Waals surface area contributed by atoms with E-state index in [0.29, 0.717) is 17.5 Å². The van der Waals surface area contributed by atoms with Gasteiger partial charge in [0.1, 0.15) is 0 Å². The van der Waals surface area contributed by atoms with Gasteiger partial charge in [-0.05, 0) is 43.7 Å². The van der Waals surface area contributed by atoms with Gasteiger partial charge in [-0.3, -0.25) is 4.68 Å². The third kappa shape index (κ3) is 2.54. The van der Waals surface area contributed by atoms with Gasteiger partial charge in [-0.2, -0.15) is 5.10 Å². The maximum atomic E-state index is 4.50. The van der Waals surface area contributed by atoms with Crippen molar-refractivity contribution in [2.45, 2.75) is 59.0 Å². The van der Waals surface area contributed by atoms with Crippen LogP contribution in [-0.4, -0.2) is 22.4 Å². The lowest BCUT2D eigenvalue weighted by molar-refractivity contribution is 0.241. The van der Waals surface area contributed by atoms with E-state index < -0.39 is 0 Å². The Morgan fingerprint density at radius 2 is 2.29 bits per heavy atom. The molecule has 1 heterocycles. The maximum Gasteiger partial charge on any atom is 0.0677 e. The van der Waals surface area contributed by atoms with E-state index in [1.165, 1.54) is 24.8 Å². The van der Waals surface area contributed by atoms with Gasteiger partial charge in [-0.25, -0.2) is 0 Å². The minimum Gasteiger partial charge on any atom is -0.311 e. The monoisotopic (exact) mass is 235 g/mol. The quantitative estimate of drug-likeness (QED) is 0.869. The summed E-state index contributed by atoms with van der Waals surface area (Å²) in [5.41, 5.74) is 1.63. The van der Waals surface area contributed by atoms with E-state index in [9.17, 15) is 0 Å². The number of nitrogens with zero attached hydrogens (tertiary/aromatic N) is 2. The SMILES string of the molecule is CCCNC1C(n2cc(C)cn2)CCC1(C)C. The fourth-order valence-electron chi connectivity index (χ4n) is 2.97. The second-order valence-corrected chi connectivity index (χ2v) is 6.02. The number of aromatic nitrogens is 2. The standard InChI is InChI=1S/C14H25N3/c1-5-8-15-13-12(6-7-14(13,3)4)17-10-11(2)9-16-17/h9-10,12-13,15H,5-8H2,1-4H3. The van der Waals surface area contributed by atoms with Gasteiger partial charge in [-0.15, -0.1) is 0 Å². The highest BCUT2D eigenvalue weighted by Crippen LogP contribution is 2.43. The molecule has 0 aliphatic heterocycles. The molecule has 1 aromatic heterocycles. The molecule has 17 heavy (non-hydrogen) atoms. The van der Waals surface area contributed by atoms with Crippen molar-refractivity contribution in [3.05, 3.63) is 18.0 Å². The first kappa shape index (κ1) is 12.6. The molecule has 0 amide bonds. The summed E-state index contributed by atoms with van der Waals surface area (Å²) >= 11 is 0. The van der Waals surface area contributed by atoms with E-state index >= 15 is 0 Å². The predicted octanol–water partition coefficient (Wildman–Crippen LogP) is 2.92. The van der Waals surface area contributed by atoms with Crippen LogP contribution in [0.2, 0.25) is 0 Å². The Morgan fingerprint density at radius 3 is 2.88 bits per heavy atom. The van der Waals surface area contributed by atoms with Gasteiger partial charge in [0.15, 0.2) is 0 Å². The van der Waals surface area contributed by atoms with E-state index in [-0.39, 0.29) is 0 Å². The van der Waals surface area contributed by atoms with Crippen molar-refractivity contribution in [2.75, 3.05) is 6.54 Å². The van der Waals surface area contributed by atoms with E-state index in [1.807, 2.05) is 6.20 Å². The molecule has 1 aliphatic carbocycles. The Morgan fingerprint density at radius 1 is 1.53 bits per heavy atom. The molecule has 2 rings (SSSR count). The fraction of sp³-hybridized carbons (Fsp3) is 0.786. The third-order valence-corrected chi connectivity index (χ3v) is 4.00. The molecule has 1 aliphatic rings. The lowest BCUT2D eigenvalue weighted by atomic mass is 9.86. The van der Waals surface area contributed by atoms with Crippen LogP contribution in [-0.2, 0) is 0 Å². The van der Waals surface area contributed by atoms with Crippen LogP contribution in [0.25, 0.3) is 0 Å². The van der Waals surface area contributed by atoms with Gasteiger partial charge in [0.05, 0.1) is 12.2 Å². The first-order valence-electron chi connectivity index (χ1n) is 6.79. The molecule has 0 spiro atoms. The summed E-state index contributed by atoms with van der Waals surface area (Å²) in [7, 11) is 0. The average Bonchev–Trinajstić information content (AvgIpc) is 2.80. The van der Waals surface area contributed by atoms with Crippen molar-refractivity contribution in [3.63, 3.8) is 0 Å². The molecular weight excluding hydrogens is 210 g/mol. The molecule has 96 valence electrons. The number of aryl methyl sites for hydroxylation is 1. The average molecular weight is 235 g/mol. The van der Waals surface area contributed by atoms with Crippen LogP contribution in [0, 0.1) is 12.3 Å². The van der Waals surface area contributed by atoms with Crippen molar-refractivity contribution in [1.29, 1.82) is 0 Å². The second kappa shape index (κ2) is 4.81. The molecule has 3 nitrogen and oxygen atoms in total. The Balaban J connectivity index is 2.16. The maximum absolute atomic E-state index is 4.50. The summed E-state index contributed by atoms with van der Waals surface area (Å²) < 4.78 is 2.16. The number of nitrogens with one attached hydrogen (secondary N) is 1. The van der Waals surface area contributed by atoms with Crippen LogP contribution in [0.3, 0.4) is 0 Å². The predicted molar refractivity (Wildman–Crippen MR) is 71.1 cm³/mol. The second-order valence-electron chi connectivity index (χ2n) is 6.02. The van der Waals surface area contributed by atoms with E-state index in [0.717, 1.165) is 6.54 Å². The van der Waals surface area contributed by atoms with Crippen molar-refractivity contribution < 1.29 is 0 Å². The lowest BCUT2D eigenvalue weighted by Gasteiger charge is -2.31. The van der Waals surface area contributed by atoms with Gasteiger partial charge in [-0.1, -0.05) is 20.8 Å². The first-order chi connectivity index (χ1) is 8.04. The summed E-state index contributed by atoms with van der Waals surface area (Å²) in [6.45, 7) is 10.2. The normalized spacial score (nSPS) is 27.5. The summed E-state index contributed by atoms with van der Waals surface area (Å²) in [5.74, 6) is 0. The topological polar surface area (TPSA) is 29.9 Å². The summed E-state index contributed by atoms with van der Waals surface area (Å²) in [5, 5.41) is 8.22. The zero-order chi connectivity index (χ0) is 12.5. The molecule has 0 aromatic carbocycles. The molecule has 0 radical (unpaired) electrons. The Hall–Kier alpha value is -0.830. The first-order valence-corrected chi connectivity index (χ1v) is 6.79. The highest BCUT2D eigenvalue weighted by Gasteiger charge is 2.42. The van der Waals surface area contributed by atoms with Crippen LogP contribution in [0.15, 0.2) is 12.4 Å². The smallest absolute Gasteiger partial charge is 0.0677 e. The van der Waals surface area contributed by atoms with Crippen LogP contribution in [0.1, 0.15) is 51.6 Å². The molecule has 0 saturated heterocycles. The highest BCUT2D eigenvalue weighted by molar-refractivity contribution is 5.05. The highest BCUT2D eigenvalue weighted by atomic mass is 15.3. The number of rotatable bonds is 4. The van der Waals surface area contributed by atoms with Crippen molar-refractivity contribution >= 4 is 0 Å². The fourth-order valence-corrected chi connectivity index (χ4v) is 2.97. The Bertz CT molecular complexity index is 367. The van der Waals surface area contributed by atoms with Crippen LogP contribution >= 0.6 is 0 Å². The molecule has 1 fully saturated rings. The molecule has 0 bridgehead atoms. The Kier molecular flexibility index (Phi) is 3.57. The zero-order valence-corrected chi connectivity index (χ0v) is 11.5. The minimum absolute atomic E-state index is 0.375. The van der Waals surface area contributed by atoms with Crippen LogP contribution in [0.5, 0.6) is 0 Å². The molecule has 2 atom stereocenters. The van der Waals surface area contributed by atoms with Crippen molar-refractivity contribution in [3.8, 4) is 0 Å². The molecule has 2 unspecified atom stereocenters. The minimum atomic E-state index is 0.375. The zero-order valence-electron chi connectivity index (χ0n) is 11.5. The molecule has 1 aromatic rings. The summed E-state index contributed by atoms with van der Waals surface area (Å²) in [4.78, 5) is 0. The molecule has 3 heteroatoms. The van der Waals surface area contributed by atoms with Gasteiger partial charge in [0.2, 0.25) is 0 Å². The van der Waals surface area contributed by atoms with Crippen molar-refractivity contribution in [1.82, 2.24) is 15.1 Å². The van der Waals surface area contributed by atoms with E-state index in [1.54, 1.807) is 0 Å². The van der Waals surface area contributed by atoms with Crippen molar-refractivity contribution in [2.24, 2.45) is 5.41 Å². The van der Waals surface area contributed by atoms with E-state index in [4.69, 9.17) is 0 Å². The summed E-state index contributed by atoms with van der Waals surface area (Å²) in [6.07, 6.45) is 7.83. The summed E-state index contributed by atoms with van der Waals surface area (Å²) in [6, 6.07) is 1.06. The number of hydrogen-bond donors (Lipinski definition) is 1. The third-order valence-electron chi connectivity index (χ3n) is 4.00. The number of hydrogen-bond acceptors (Lipinski definition) is 2. The van der Waals surface area contributed by atoms with Gasteiger partial charge < -0.3 is 5.32 Å². The molecule has 1 saturated carbocycles. The Labute approximate surface area is 105 Å². The van der Waals surface area contributed by atoms with Crippen LogP contribution in [0.4, 0.5) is 0 Å². The van der Waals surface area contributed by atoms with E-state index in [2.05, 4.69) is 49.0 Å². The van der Waals surface area contributed by atoms with Gasteiger partial charge in [0.25, 0.3) is 0 Å². The van der Waals surface area contributed by atoms with Gasteiger partial charge >= 0.3 is 0 Å². The molecular formula is C14H25N3. The van der Waals surface area contributed by atoms with Crippen LogP contribution < -0.4 is 5.32 Å². The largest absolute Gasteiger partial charge is 0.311 e.